The van der Waals surface area contributed by atoms with E-state index in [-0.39, 0.29) is 10.9 Å². The van der Waals surface area contributed by atoms with Crippen molar-refractivity contribution >= 4 is 27.5 Å². The van der Waals surface area contributed by atoms with Crippen LogP contribution in [0.25, 0.3) is 0 Å². The molecular formula is C6H4BrClF. The maximum Gasteiger partial charge on any atom is 0.138 e. The molecule has 0 spiro atoms. The van der Waals surface area contributed by atoms with Crippen LogP contribution in [-0.2, 0) is 0 Å². The lowest BCUT2D eigenvalue weighted by Gasteiger charge is -2.05. The summed E-state index contributed by atoms with van der Waals surface area (Å²) >= 11 is 8.58. The molecule has 1 aliphatic carbocycles. The number of hydrogen-bond donors (Lipinski definition) is 0. The van der Waals surface area contributed by atoms with Crippen LogP contribution in [0.1, 0.15) is 6.42 Å². The first-order valence-electron chi connectivity index (χ1n) is 2.46. The predicted molar refractivity (Wildman–Crippen MR) is 39.9 cm³/mol. The smallest absolute Gasteiger partial charge is 0.138 e. The normalized spacial score (nSPS) is 20.1. The summed E-state index contributed by atoms with van der Waals surface area (Å²) in [4.78, 5) is 0. The monoisotopic (exact) mass is 209 g/mol. The molecule has 0 atom stereocenters. The van der Waals surface area contributed by atoms with Gasteiger partial charge in [-0.3, -0.25) is 0 Å². The van der Waals surface area contributed by atoms with E-state index < -0.39 is 0 Å². The highest BCUT2D eigenvalue weighted by Crippen LogP contribution is 2.31. The topological polar surface area (TPSA) is 0 Å². The Labute approximate surface area is 66.5 Å². The van der Waals surface area contributed by atoms with Crippen molar-refractivity contribution in [1.82, 2.24) is 0 Å². The fraction of sp³-hybridized carbons (Fsp3) is 0.167. The van der Waals surface area contributed by atoms with Gasteiger partial charge in [0.15, 0.2) is 0 Å². The Bertz CT molecular complexity index is 183. The number of halogens is 3. The van der Waals surface area contributed by atoms with Crippen LogP contribution in [0.4, 0.5) is 4.39 Å². The molecule has 0 aromatic carbocycles. The summed E-state index contributed by atoms with van der Waals surface area (Å²) < 4.78 is 13.1. The highest BCUT2D eigenvalue weighted by atomic mass is 79.9. The third-order valence-corrected chi connectivity index (χ3v) is 2.35. The van der Waals surface area contributed by atoms with Gasteiger partial charge in [0.25, 0.3) is 0 Å². The van der Waals surface area contributed by atoms with Crippen LogP contribution in [-0.4, -0.2) is 0 Å². The molecule has 0 unspecified atom stereocenters. The van der Waals surface area contributed by atoms with Crippen molar-refractivity contribution in [3.05, 3.63) is 27.8 Å². The zero-order valence-electron chi connectivity index (χ0n) is 4.50. The first-order chi connectivity index (χ1) is 4.22. The fourth-order valence-corrected chi connectivity index (χ4v) is 1.09. The maximum absolute atomic E-state index is 12.4. The molecule has 0 heterocycles. The van der Waals surface area contributed by atoms with Gasteiger partial charge in [-0.25, -0.2) is 4.39 Å². The molecule has 1 aliphatic rings. The van der Waals surface area contributed by atoms with Gasteiger partial charge in [0.05, 0.1) is 5.03 Å². The van der Waals surface area contributed by atoms with Crippen LogP contribution in [0.2, 0.25) is 0 Å². The van der Waals surface area contributed by atoms with Gasteiger partial charge < -0.3 is 0 Å². The van der Waals surface area contributed by atoms with E-state index in [2.05, 4.69) is 15.9 Å². The summed E-state index contributed by atoms with van der Waals surface area (Å²) in [5, 5.41) is 0.168. The lowest BCUT2D eigenvalue weighted by atomic mass is 10.2. The van der Waals surface area contributed by atoms with Crippen molar-refractivity contribution in [2.45, 2.75) is 6.42 Å². The largest absolute Gasteiger partial charge is 0.206 e. The van der Waals surface area contributed by atoms with E-state index in [4.69, 9.17) is 11.6 Å². The lowest BCUT2D eigenvalue weighted by molar-refractivity contribution is 0.653. The molecule has 1 radical (unpaired) electrons. The summed E-state index contributed by atoms with van der Waals surface area (Å²) in [6.07, 6.45) is 3.86. The third-order valence-electron chi connectivity index (χ3n) is 1.01. The molecule has 3 heteroatoms. The minimum absolute atomic E-state index is 0.168. The van der Waals surface area contributed by atoms with Crippen LogP contribution in [0.15, 0.2) is 21.4 Å². The summed E-state index contributed by atoms with van der Waals surface area (Å²) in [6, 6.07) is 0. The molecule has 0 aromatic rings. The molecule has 1 rings (SSSR count). The Morgan fingerprint density at radius 1 is 1.67 bits per heavy atom. The van der Waals surface area contributed by atoms with Crippen LogP contribution in [0.3, 0.4) is 0 Å². The molecule has 0 N–H and O–H groups in total. The van der Waals surface area contributed by atoms with E-state index in [1.165, 1.54) is 6.08 Å². The summed E-state index contributed by atoms with van der Waals surface area (Å²) in [5.74, 6) is -0.342. The summed E-state index contributed by atoms with van der Waals surface area (Å²) in [7, 11) is 0. The van der Waals surface area contributed by atoms with Crippen LogP contribution in [0, 0.1) is 6.42 Å². The minimum Gasteiger partial charge on any atom is -0.206 e. The Kier molecular flexibility index (Phi) is 2.30. The lowest BCUT2D eigenvalue weighted by Crippen LogP contribution is -1.87. The number of allylic oxidation sites excluding steroid dienone is 4. The molecule has 0 saturated carbocycles. The molecule has 0 saturated heterocycles. The molecule has 49 valence electrons. The van der Waals surface area contributed by atoms with E-state index in [1.54, 1.807) is 0 Å². The van der Waals surface area contributed by atoms with Gasteiger partial charge in [0, 0.05) is 10.9 Å². The zero-order valence-corrected chi connectivity index (χ0v) is 6.84. The quantitative estimate of drug-likeness (QED) is 0.575. The Balaban J connectivity index is 2.88. The first-order valence-corrected chi connectivity index (χ1v) is 3.63. The van der Waals surface area contributed by atoms with Crippen LogP contribution < -0.4 is 0 Å². The number of rotatable bonds is 0. The van der Waals surface area contributed by atoms with Crippen molar-refractivity contribution in [2.24, 2.45) is 0 Å². The van der Waals surface area contributed by atoms with Crippen LogP contribution >= 0.6 is 27.5 Å². The zero-order chi connectivity index (χ0) is 6.85. The Morgan fingerprint density at radius 2 is 2.33 bits per heavy atom. The third kappa shape index (κ3) is 1.55. The average molecular weight is 210 g/mol. The van der Waals surface area contributed by atoms with Crippen molar-refractivity contribution in [2.75, 3.05) is 0 Å². The summed E-state index contributed by atoms with van der Waals surface area (Å²) in [5.41, 5.74) is 0. The van der Waals surface area contributed by atoms with E-state index in [0.29, 0.717) is 10.9 Å². The van der Waals surface area contributed by atoms with Gasteiger partial charge in [0.1, 0.15) is 5.83 Å². The van der Waals surface area contributed by atoms with Crippen molar-refractivity contribution in [3.63, 3.8) is 0 Å². The van der Waals surface area contributed by atoms with Crippen LogP contribution in [0.5, 0.6) is 0 Å². The van der Waals surface area contributed by atoms with Crippen molar-refractivity contribution < 1.29 is 4.39 Å². The van der Waals surface area contributed by atoms with Gasteiger partial charge in [0.2, 0.25) is 0 Å². The second-order valence-corrected chi connectivity index (χ2v) is 2.89. The van der Waals surface area contributed by atoms with Crippen molar-refractivity contribution in [3.8, 4) is 0 Å². The molecular weight excluding hydrogens is 206 g/mol. The summed E-state index contributed by atoms with van der Waals surface area (Å²) in [6.45, 7) is 0. The Hall–Kier alpha value is 0.180. The highest BCUT2D eigenvalue weighted by Gasteiger charge is 2.10. The van der Waals surface area contributed by atoms with Gasteiger partial charge in [-0.1, -0.05) is 27.5 Å². The molecule has 0 bridgehead atoms. The fourth-order valence-electron chi connectivity index (χ4n) is 0.559. The second-order valence-electron chi connectivity index (χ2n) is 1.65. The predicted octanol–water partition coefficient (Wildman–Crippen LogP) is 3.29. The maximum atomic E-state index is 12.4. The van der Waals surface area contributed by atoms with E-state index in [9.17, 15) is 4.39 Å². The molecule has 0 aromatic heterocycles. The van der Waals surface area contributed by atoms with Gasteiger partial charge in [-0.05, 0) is 12.5 Å². The van der Waals surface area contributed by atoms with Crippen molar-refractivity contribution in [1.29, 1.82) is 0 Å². The van der Waals surface area contributed by atoms with E-state index >= 15 is 0 Å². The molecule has 0 fully saturated rings. The van der Waals surface area contributed by atoms with Gasteiger partial charge >= 0.3 is 0 Å². The van der Waals surface area contributed by atoms with Gasteiger partial charge in [-0.15, -0.1) is 0 Å². The van der Waals surface area contributed by atoms with E-state index in [0.717, 1.165) is 0 Å². The SMILES string of the molecule is FC1=CC[CH]C(Br)=C1Cl. The average Bonchev–Trinajstić information content (AvgIpc) is 1.83. The first kappa shape index (κ1) is 7.29. The Morgan fingerprint density at radius 3 is 2.78 bits per heavy atom. The molecule has 9 heavy (non-hydrogen) atoms. The molecule has 0 aliphatic heterocycles. The molecule has 0 amide bonds. The number of hydrogen-bond acceptors (Lipinski definition) is 0. The second kappa shape index (κ2) is 2.84. The standard InChI is InChI=1S/C6H4BrClF/c7-4-2-1-3-5(9)6(4)8/h2-3H,1H2. The minimum atomic E-state index is -0.342. The highest BCUT2D eigenvalue weighted by molar-refractivity contribution is 9.11. The van der Waals surface area contributed by atoms with Gasteiger partial charge in [-0.2, -0.15) is 0 Å². The molecule has 0 nitrogen and oxygen atoms in total. The van der Waals surface area contributed by atoms with E-state index in [1.807, 2.05) is 6.42 Å².